The molecule has 0 aliphatic rings. The highest BCUT2D eigenvalue weighted by molar-refractivity contribution is 8.00. The number of hydrogen-bond donors (Lipinski definition) is 1. The molecule has 0 spiro atoms. The number of nitrogens with two attached hydrogens (primary N) is 1. The van der Waals surface area contributed by atoms with Crippen LogP contribution in [0, 0.1) is 0 Å². The molecule has 0 radical (unpaired) electrons. The predicted molar refractivity (Wildman–Crippen MR) is 58.7 cm³/mol. The zero-order chi connectivity index (χ0) is 13.1. The summed E-state index contributed by atoms with van der Waals surface area (Å²) >= 11 is -0.304. The first-order chi connectivity index (χ1) is 7.83. The molecule has 0 amide bonds. The molecule has 7 heteroatoms. The largest absolute Gasteiger partial charge is 0.462 e. The van der Waals surface area contributed by atoms with E-state index in [1.54, 1.807) is 6.92 Å². The first kappa shape index (κ1) is 13.7. The number of esters is 1. The Kier molecular flexibility index (Phi) is 4.28. The van der Waals surface area contributed by atoms with Crippen molar-refractivity contribution < 1.29 is 22.7 Å². The van der Waals surface area contributed by atoms with E-state index in [1.807, 2.05) is 0 Å². The van der Waals surface area contributed by atoms with Gasteiger partial charge in [-0.3, -0.25) is 0 Å². The fraction of sp³-hybridized carbons (Fsp3) is 0.300. The van der Waals surface area contributed by atoms with Gasteiger partial charge >= 0.3 is 11.5 Å². The molecule has 1 rings (SSSR count). The maximum Gasteiger partial charge on any atom is 0.446 e. The smallest absolute Gasteiger partial charge is 0.446 e. The highest BCUT2D eigenvalue weighted by atomic mass is 32.2. The molecule has 1 aromatic carbocycles. The number of hydrogen-bond acceptors (Lipinski definition) is 4. The van der Waals surface area contributed by atoms with Gasteiger partial charge in [-0.1, -0.05) is 0 Å². The third kappa shape index (κ3) is 4.18. The van der Waals surface area contributed by atoms with Crippen LogP contribution in [0.3, 0.4) is 0 Å². The molecule has 1 aromatic rings. The molecule has 0 fully saturated rings. The summed E-state index contributed by atoms with van der Waals surface area (Å²) in [6.07, 6.45) is 0. The molecule has 0 aliphatic carbocycles. The normalized spacial score (nSPS) is 11.3. The van der Waals surface area contributed by atoms with Crippen molar-refractivity contribution in [1.29, 1.82) is 0 Å². The van der Waals surface area contributed by atoms with Crippen molar-refractivity contribution in [2.75, 3.05) is 12.3 Å². The standard InChI is InChI=1S/C10H10F3NO2S/c1-2-16-9(15)7-5-6(3-4-8(7)14)17-10(11,12)13/h3-5H,2,14H2,1H3. The number of nitrogen functional groups attached to an aromatic ring is 1. The van der Waals surface area contributed by atoms with Crippen molar-refractivity contribution >= 4 is 23.4 Å². The fourth-order valence-electron chi connectivity index (χ4n) is 1.12. The van der Waals surface area contributed by atoms with Crippen molar-refractivity contribution in [2.45, 2.75) is 17.3 Å². The minimum atomic E-state index is -4.40. The van der Waals surface area contributed by atoms with Crippen molar-refractivity contribution in [3.63, 3.8) is 0 Å². The van der Waals surface area contributed by atoms with E-state index in [9.17, 15) is 18.0 Å². The molecule has 0 saturated heterocycles. The predicted octanol–water partition coefficient (Wildman–Crippen LogP) is 3.06. The summed E-state index contributed by atoms with van der Waals surface area (Å²) in [6, 6.07) is 3.53. The van der Waals surface area contributed by atoms with Crippen LogP contribution in [-0.2, 0) is 4.74 Å². The summed E-state index contributed by atoms with van der Waals surface area (Å²) < 4.78 is 41.1. The lowest BCUT2D eigenvalue weighted by atomic mass is 10.2. The zero-order valence-corrected chi connectivity index (χ0v) is 9.69. The molecule has 17 heavy (non-hydrogen) atoms. The molecule has 0 aromatic heterocycles. The summed E-state index contributed by atoms with van der Waals surface area (Å²) in [4.78, 5) is 11.3. The Morgan fingerprint density at radius 3 is 2.65 bits per heavy atom. The van der Waals surface area contributed by atoms with E-state index in [1.165, 1.54) is 12.1 Å². The average molecular weight is 265 g/mol. The topological polar surface area (TPSA) is 52.3 Å². The van der Waals surface area contributed by atoms with Crippen LogP contribution in [0.2, 0.25) is 0 Å². The monoisotopic (exact) mass is 265 g/mol. The second-order valence-corrected chi connectivity index (χ2v) is 4.16. The first-order valence-electron chi connectivity index (χ1n) is 4.66. The van der Waals surface area contributed by atoms with E-state index >= 15 is 0 Å². The molecule has 0 unspecified atom stereocenters. The molecule has 94 valence electrons. The van der Waals surface area contributed by atoms with Gasteiger partial charge < -0.3 is 10.5 Å². The zero-order valence-electron chi connectivity index (χ0n) is 8.88. The minimum Gasteiger partial charge on any atom is -0.462 e. The number of halogens is 3. The minimum absolute atomic E-state index is 0.0545. The SMILES string of the molecule is CCOC(=O)c1cc(SC(F)(F)F)ccc1N. The molecule has 3 nitrogen and oxygen atoms in total. The van der Waals surface area contributed by atoms with Gasteiger partial charge in [-0.05, 0) is 36.9 Å². The van der Waals surface area contributed by atoms with Crippen molar-refractivity contribution in [1.82, 2.24) is 0 Å². The van der Waals surface area contributed by atoms with Gasteiger partial charge in [0.2, 0.25) is 0 Å². The summed E-state index contributed by atoms with van der Waals surface area (Å²) in [7, 11) is 0. The third-order valence-electron chi connectivity index (χ3n) is 1.75. The van der Waals surface area contributed by atoms with Gasteiger partial charge in [0.1, 0.15) is 0 Å². The third-order valence-corrected chi connectivity index (χ3v) is 2.47. The van der Waals surface area contributed by atoms with Crippen LogP contribution in [0.5, 0.6) is 0 Å². The van der Waals surface area contributed by atoms with Gasteiger partial charge in [0.25, 0.3) is 0 Å². The van der Waals surface area contributed by atoms with E-state index in [2.05, 4.69) is 4.74 Å². The maximum absolute atomic E-state index is 12.1. The van der Waals surface area contributed by atoms with Crippen LogP contribution < -0.4 is 5.73 Å². The Hall–Kier alpha value is -1.37. The van der Waals surface area contributed by atoms with E-state index in [-0.39, 0.29) is 34.5 Å². The number of alkyl halides is 3. The van der Waals surface area contributed by atoms with Gasteiger partial charge in [-0.15, -0.1) is 0 Å². The first-order valence-corrected chi connectivity index (χ1v) is 5.47. The summed E-state index contributed by atoms with van der Waals surface area (Å²) in [5.41, 5.74) is 1.13. The quantitative estimate of drug-likeness (QED) is 0.518. The molecular formula is C10H10F3NO2S. The van der Waals surface area contributed by atoms with Crippen LogP contribution >= 0.6 is 11.8 Å². The van der Waals surface area contributed by atoms with Crippen LogP contribution in [0.4, 0.5) is 18.9 Å². The van der Waals surface area contributed by atoms with Gasteiger partial charge in [0.05, 0.1) is 12.2 Å². The molecule has 0 heterocycles. The molecule has 0 saturated carbocycles. The second-order valence-electron chi connectivity index (χ2n) is 3.02. The maximum atomic E-state index is 12.1. The lowest BCUT2D eigenvalue weighted by Crippen LogP contribution is -2.08. The van der Waals surface area contributed by atoms with Crippen molar-refractivity contribution in [3.8, 4) is 0 Å². The molecule has 0 atom stereocenters. The lowest BCUT2D eigenvalue weighted by Gasteiger charge is -2.09. The second kappa shape index (κ2) is 5.31. The summed E-state index contributed by atoms with van der Waals surface area (Å²) in [5.74, 6) is -0.727. The Balaban J connectivity index is 2.98. The summed E-state index contributed by atoms with van der Waals surface area (Å²) in [6.45, 7) is 1.73. The molecule has 2 N–H and O–H groups in total. The molecule has 0 bridgehead atoms. The number of anilines is 1. The molecular weight excluding hydrogens is 255 g/mol. The van der Waals surface area contributed by atoms with Gasteiger partial charge in [-0.25, -0.2) is 4.79 Å². The number of carbonyl (C=O) groups excluding carboxylic acids is 1. The van der Waals surface area contributed by atoms with Gasteiger partial charge in [-0.2, -0.15) is 13.2 Å². The van der Waals surface area contributed by atoms with E-state index in [0.29, 0.717) is 0 Å². The number of rotatable bonds is 3. The Morgan fingerprint density at radius 2 is 2.12 bits per heavy atom. The van der Waals surface area contributed by atoms with Crippen molar-refractivity contribution in [2.24, 2.45) is 0 Å². The Bertz CT molecular complexity index is 421. The average Bonchev–Trinajstić information content (AvgIpc) is 2.19. The van der Waals surface area contributed by atoms with Crippen LogP contribution in [0.25, 0.3) is 0 Å². The van der Waals surface area contributed by atoms with Crippen molar-refractivity contribution in [3.05, 3.63) is 23.8 Å². The van der Waals surface area contributed by atoms with E-state index in [4.69, 9.17) is 5.73 Å². The Morgan fingerprint density at radius 1 is 1.47 bits per heavy atom. The van der Waals surface area contributed by atoms with Gasteiger partial charge in [0, 0.05) is 10.6 Å². The van der Waals surface area contributed by atoms with E-state index < -0.39 is 11.5 Å². The Labute approximate surface area is 100 Å². The lowest BCUT2D eigenvalue weighted by molar-refractivity contribution is -0.0328. The number of benzene rings is 1. The highest BCUT2D eigenvalue weighted by Gasteiger charge is 2.29. The van der Waals surface area contributed by atoms with Gasteiger partial charge in [0.15, 0.2) is 0 Å². The van der Waals surface area contributed by atoms with Crippen LogP contribution in [0.15, 0.2) is 23.1 Å². The fourth-order valence-corrected chi connectivity index (χ4v) is 1.70. The number of ether oxygens (including phenoxy) is 1. The van der Waals surface area contributed by atoms with Crippen LogP contribution in [0.1, 0.15) is 17.3 Å². The molecule has 0 aliphatic heterocycles. The number of thioether (sulfide) groups is 1. The van der Waals surface area contributed by atoms with E-state index in [0.717, 1.165) is 6.07 Å². The number of carbonyl (C=O) groups is 1. The summed E-state index contributed by atoms with van der Waals surface area (Å²) in [5, 5.41) is 0. The van der Waals surface area contributed by atoms with Crippen LogP contribution in [-0.4, -0.2) is 18.1 Å². The highest BCUT2D eigenvalue weighted by Crippen LogP contribution is 2.37.